The number of amides is 1. The van der Waals surface area contributed by atoms with Gasteiger partial charge in [0.15, 0.2) is 0 Å². The largest absolute Gasteiger partial charge is 0.490 e. The van der Waals surface area contributed by atoms with Gasteiger partial charge in [0.05, 0.1) is 0 Å². The zero-order valence-corrected chi connectivity index (χ0v) is 16.0. The Balaban J connectivity index is 0.000000516. The summed E-state index contributed by atoms with van der Waals surface area (Å²) in [5, 5.41) is 7.12. The first kappa shape index (κ1) is 24.6. The third-order valence-electron chi connectivity index (χ3n) is 4.30. The van der Waals surface area contributed by atoms with E-state index in [0.29, 0.717) is 18.2 Å². The summed E-state index contributed by atoms with van der Waals surface area (Å²) in [5.41, 5.74) is 0.360. The summed E-state index contributed by atoms with van der Waals surface area (Å²) in [6.45, 7) is -1.21. The smallest absolute Gasteiger partial charge is 0.475 e. The van der Waals surface area contributed by atoms with E-state index in [1.165, 1.54) is 25.0 Å². The topological polar surface area (TPSA) is 70.1 Å². The van der Waals surface area contributed by atoms with Crippen molar-refractivity contribution in [3.63, 3.8) is 0 Å². The van der Waals surface area contributed by atoms with Crippen LogP contribution in [0, 0.1) is 0 Å². The molecule has 1 aromatic rings. The molecule has 1 aliphatic heterocycles. The highest BCUT2D eigenvalue weighted by molar-refractivity contribution is 5.94. The molecule has 2 rings (SSSR count). The quantitative estimate of drug-likeness (QED) is 0.731. The van der Waals surface area contributed by atoms with Crippen molar-refractivity contribution in [2.45, 2.75) is 38.1 Å². The van der Waals surface area contributed by atoms with Crippen LogP contribution in [0.2, 0.25) is 0 Å². The summed E-state index contributed by atoms with van der Waals surface area (Å²) in [4.78, 5) is 25.2. The number of carbonyl (C=O) groups excluding carboxylic acids is 1. The Morgan fingerprint density at radius 2 is 1.93 bits per heavy atom. The minimum atomic E-state index is -5.08. The van der Waals surface area contributed by atoms with Crippen molar-refractivity contribution in [1.29, 1.82) is 0 Å². The van der Waals surface area contributed by atoms with Crippen LogP contribution in [0.25, 0.3) is 0 Å². The number of hydrogen-bond donors (Lipinski definition) is 1. The molecule has 1 N–H and O–H groups in total. The van der Waals surface area contributed by atoms with E-state index in [9.17, 15) is 26.7 Å². The van der Waals surface area contributed by atoms with Gasteiger partial charge in [-0.05, 0) is 44.6 Å². The molecule has 11 heteroatoms. The van der Waals surface area contributed by atoms with Gasteiger partial charge < -0.3 is 19.6 Å². The number of hydrogen-bond acceptors (Lipinski definition) is 4. The summed E-state index contributed by atoms with van der Waals surface area (Å²) in [6, 6.07) is 6.28. The van der Waals surface area contributed by atoms with Gasteiger partial charge in [-0.1, -0.05) is 12.5 Å². The van der Waals surface area contributed by atoms with Crippen LogP contribution in [-0.2, 0) is 4.79 Å². The number of carboxylic acid groups (broad SMARTS) is 1. The van der Waals surface area contributed by atoms with E-state index in [4.69, 9.17) is 9.90 Å². The number of ether oxygens (including phenoxy) is 1. The molecule has 0 aliphatic carbocycles. The molecule has 1 saturated heterocycles. The Labute approximate surface area is 164 Å². The van der Waals surface area contributed by atoms with Crippen LogP contribution in [0.5, 0.6) is 5.75 Å². The standard InChI is InChI=1S/C16H22F2N2O2.C2HF3O2/c1-19-9-4-3-7-13(19)11-20(2)15(21)12-6-5-8-14(10-12)22-16(17)18;3-2(4,5)1(6)7/h5-6,8,10,13,16H,3-4,7,9,11H2,1-2H3;(H,6,7). The molecule has 0 bridgehead atoms. The number of carbonyl (C=O) groups is 2. The number of likely N-dealkylation sites (tertiary alicyclic amines) is 1. The van der Waals surface area contributed by atoms with Gasteiger partial charge in [0.2, 0.25) is 0 Å². The average molecular weight is 426 g/mol. The minimum absolute atomic E-state index is 0.00374. The van der Waals surface area contributed by atoms with E-state index in [1.807, 2.05) is 0 Å². The number of rotatable bonds is 5. The third-order valence-corrected chi connectivity index (χ3v) is 4.30. The first-order valence-corrected chi connectivity index (χ1v) is 8.72. The van der Waals surface area contributed by atoms with Gasteiger partial charge in [-0.2, -0.15) is 22.0 Å². The van der Waals surface area contributed by atoms with Crippen molar-refractivity contribution in [2.75, 3.05) is 27.2 Å². The van der Waals surface area contributed by atoms with Crippen molar-refractivity contribution in [3.05, 3.63) is 29.8 Å². The molecule has 0 spiro atoms. The summed E-state index contributed by atoms with van der Waals surface area (Å²) in [5.74, 6) is -2.93. The van der Waals surface area contributed by atoms with E-state index in [-0.39, 0.29) is 11.7 Å². The number of likely N-dealkylation sites (N-methyl/N-ethyl adjacent to an activating group) is 2. The van der Waals surface area contributed by atoms with Crippen molar-refractivity contribution in [1.82, 2.24) is 9.80 Å². The highest BCUT2D eigenvalue weighted by Gasteiger charge is 2.38. The van der Waals surface area contributed by atoms with Crippen molar-refractivity contribution >= 4 is 11.9 Å². The molecule has 164 valence electrons. The second-order valence-corrected chi connectivity index (χ2v) is 6.53. The normalized spacial score (nSPS) is 17.3. The molecule has 1 unspecified atom stereocenters. The predicted molar refractivity (Wildman–Crippen MR) is 94.0 cm³/mol. The van der Waals surface area contributed by atoms with Crippen LogP contribution in [0.15, 0.2) is 24.3 Å². The van der Waals surface area contributed by atoms with Crippen LogP contribution in [-0.4, -0.2) is 72.8 Å². The fourth-order valence-corrected chi connectivity index (χ4v) is 2.80. The highest BCUT2D eigenvalue weighted by atomic mass is 19.4. The van der Waals surface area contributed by atoms with Crippen LogP contribution in [0.3, 0.4) is 0 Å². The van der Waals surface area contributed by atoms with E-state index in [0.717, 1.165) is 13.0 Å². The second-order valence-electron chi connectivity index (χ2n) is 6.53. The van der Waals surface area contributed by atoms with E-state index < -0.39 is 18.8 Å². The number of nitrogens with zero attached hydrogens (tertiary/aromatic N) is 2. The molecular formula is C18H23F5N2O4. The highest BCUT2D eigenvalue weighted by Crippen LogP contribution is 2.19. The van der Waals surface area contributed by atoms with Crippen LogP contribution in [0.4, 0.5) is 22.0 Å². The molecule has 1 amide bonds. The van der Waals surface area contributed by atoms with Gasteiger partial charge in [0.25, 0.3) is 5.91 Å². The molecule has 0 radical (unpaired) electrons. The third kappa shape index (κ3) is 8.63. The molecule has 1 fully saturated rings. The van der Waals surface area contributed by atoms with Gasteiger partial charge in [-0.15, -0.1) is 0 Å². The molecule has 1 heterocycles. The Morgan fingerprint density at radius 3 is 2.45 bits per heavy atom. The van der Waals surface area contributed by atoms with Gasteiger partial charge in [-0.25, -0.2) is 4.79 Å². The number of carboxylic acids is 1. The maximum absolute atomic E-state index is 12.4. The number of piperidine rings is 1. The van der Waals surface area contributed by atoms with Crippen LogP contribution in [0.1, 0.15) is 29.6 Å². The zero-order chi connectivity index (χ0) is 22.2. The maximum atomic E-state index is 12.4. The number of alkyl halides is 5. The second kappa shape index (κ2) is 10.9. The van der Waals surface area contributed by atoms with E-state index in [2.05, 4.69) is 16.7 Å². The van der Waals surface area contributed by atoms with E-state index >= 15 is 0 Å². The summed E-state index contributed by atoms with van der Waals surface area (Å²) in [7, 11) is 3.81. The lowest BCUT2D eigenvalue weighted by Crippen LogP contribution is -2.45. The Kier molecular flexibility index (Phi) is 9.28. The fourth-order valence-electron chi connectivity index (χ4n) is 2.80. The molecule has 6 nitrogen and oxygen atoms in total. The van der Waals surface area contributed by atoms with E-state index in [1.54, 1.807) is 24.1 Å². The molecule has 0 aromatic heterocycles. The van der Waals surface area contributed by atoms with Gasteiger partial charge >= 0.3 is 18.8 Å². The van der Waals surface area contributed by atoms with Gasteiger partial charge in [-0.3, -0.25) is 4.79 Å². The molecule has 1 aliphatic rings. The molecule has 29 heavy (non-hydrogen) atoms. The Hall–Kier alpha value is -2.43. The average Bonchev–Trinajstić information content (AvgIpc) is 2.62. The van der Waals surface area contributed by atoms with Crippen molar-refractivity contribution in [2.24, 2.45) is 0 Å². The number of halogens is 5. The summed E-state index contributed by atoms with van der Waals surface area (Å²) in [6.07, 6.45) is -1.64. The Bertz CT molecular complexity index is 684. The molecule has 1 atom stereocenters. The molecule has 1 aromatic carbocycles. The van der Waals surface area contributed by atoms with Gasteiger partial charge in [0, 0.05) is 25.2 Å². The van der Waals surface area contributed by atoms with Crippen molar-refractivity contribution in [3.8, 4) is 5.75 Å². The zero-order valence-electron chi connectivity index (χ0n) is 16.0. The fraction of sp³-hybridized carbons (Fsp3) is 0.556. The lowest BCUT2D eigenvalue weighted by atomic mass is 10.0. The molecular weight excluding hydrogens is 403 g/mol. The predicted octanol–water partition coefficient (Wildman–Crippen LogP) is 3.48. The number of aliphatic carboxylic acids is 1. The SMILES string of the molecule is CN(CC1CCCCN1C)C(=O)c1cccc(OC(F)F)c1.O=C(O)C(F)(F)F. The summed E-state index contributed by atoms with van der Waals surface area (Å²) < 4.78 is 60.6. The lowest BCUT2D eigenvalue weighted by molar-refractivity contribution is -0.192. The molecule has 0 saturated carbocycles. The monoisotopic (exact) mass is 426 g/mol. The van der Waals surface area contributed by atoms with Crippen molar-refractivity contribution < 1.29 is 41.4 Å². The maximum Gasteiger partial charge on any atom is 0.490 e. The Morgan fingerprint density at radius 1 is 1.31 bits per heavy atom. The van der Waals surface area contributed by atoms with Crippen LogP contribution >= 0.6 is 0 Å². The first-order valence-electron chi connectivity index (χ1n) is 8.72. The number of benzene rings is 1. The minimum Gasteiger partial charge on any atom is -0.475 e. The first-order chi connectivity index (χ1) is 13.4. The van der Waals surface area contributed by atoms with Crippen LogP contribution < -0.4 is 4.74 Å². The summed E-state index contributed by atoms with van der Waals surface area (Å²) >= 11 is 0. The lowest BCUT2D eigenvalue weighted by Gasteiger charge is -2.35. The van der Waals surface area contributed by atoms with Gasteiger partial charge in [0.1, 0.15) is 5.75 Å².